The van der Waals surface area contributed by atoms with Gasteiger partial charge in [0.25, 0.3) is 17.6 Å². The fourth-order valence-electron chi connectivity index (χ4n) is 4.48. The van der Waals surface area contributed by atoms with Gasteiger partial charge in [-0.1, -0.05) is 27.7 Å². The average Bonchev–Trinajstić information content (AvgIpc) is 3.34. The number of likely N-dealkylation sites (tertiary alicyclic amines) is 1. The van der Waals surface area contributed by atoms with Crippen LogP contribution in [0.2, 0.25) is 0 Å². The molecule has 3 atom stereocenters. The van der Waals surface area contributed by atoms with E-state index in [1.807, 2.05) is 0 Å². The van der Waals surface area contributed by atoms with Crippen LogP contribution in [0.5, 0.6) is 0 Å². The molecule has 0 spiro atoms. The Balaban J connectivity index is 0.00000840. The molecule has 1 saturated heterocycles. The Hall–Kier alpha value is -2.81. The number of ketones is 1. The van der Waals surface area contributed by atoms with E-state index in [1.165, 1.54) is 43.0 Å². The number of carbonyl (C=O) groups is 6. The summed E-state index contributed by atoms with van der Waals surface area (Å²) < 4.78 is 39.7. The average molecular weight is 593 g/mol. The summed E-state index contributed by atoms with van der Waals surface area (Å²) in [5, 5.41) is 17.3. The first-order valence-corrected chi connectivity index (χ1v) is 12.6. The Morgan fingerprint density at radius 3 is 1.95 bits per heavy atom. The minimum Gasteiger partial charge on any atom is -0.548 e. The van der Waals surface area contributed by atoms with E-state index in [0.29, 0.717) is 6.42 Å². The van der Waals surface area contributed by atoms with Gasteiger partial charge in [0, 0.05) is 11.1 Å². The number of nitrogens with zero attached hydrogens (tertiary/aromatic N) is 1. The predicted octanol–water partition coefficient (Wildman–Crippen LogP) is -2.81. The molecule has 1 fully saturated rings. The van der Waals surface area contributed by atoms with Crippen molar-refractivity contribution in [2.45, 2.75) is 64.8 Å². The quantitative estimate of drug-likeness (QED) is 0.232. The summed E-state index contributed by atoms with van der Waals surface area (Å²) in [4.78, 5) is 74.4. The van der Waals surface area contributed by atoms with Crippen molar-refractivity contribution in [3.8, 4) is 0 Å². The van der Waals surface area contributed by atoms with Gasteiger partial charge in [-0.25, -0.2) is 0 Å². The number of carboxylic acids is 1. The van der Waals surface area contributed by atoms with Gasteiger partial charge in [0.1, 0.15) is 6.04 Å². The van der Waals surface area contributed by atoms with Crippen molar-refractivity contribution >= 4 is 35.4 Å². The standard InChI is InChI=1S/C26H33F3N4O7.Na/c1-13(2)19(31-23(38)16-9-7-15(8-10-16)22(37)30-12-18(34)35)25(40)32-24(39)17-6-5-11-33(17)20(14(3)4)21(36)26(27,28)29;/h7-10,13-14,17,19-20H,5-6,11-12H2,1-4H3,(H,30,37)(H,31,38)(H,34,35)(H,32,39,40);/q;+1/p-1/t17-,19-,20?;/m0./s1. The molecule has 2 rings (SSSR count). The Kier molecular flexibility index (Phi) is 13.6. The first-order chi connectivity index (χ1) is 18.5. The zero-order valence-corrected chi connectivity index (χ0v) is 25.5. The number of imide groups is 1. The first kappa shape index (κ1) is 36.2. The van der Waals surface area contributed by atoms with E-state index in [1.54, 1.807) is 13.8 Å². The first-order valence-electron chi connectivity index (χ1n) is 12.6. The number of carbonyl (C=O) groups excluding carboxylic acids is 6. The molecular weight excluding hydrogens is 560 g/mol. The number of alkyl halides is 3. The number of benzene rings is 1. The van der Waals surface area contributed by atoms with Gasteiger partial charge in [-0.15, -0.1) is 0 Å². The number of hydrogen-bond acceptors (Lipinski definition) is 8. The van der Waals surface area contributed by atoms with E-state index < -0.39 is 78.1 Å². The van der Waals surface area contributed by atoms with Crippen molar-refractivity contribution in [1.29, 1.82) is 0 Å². The molecule has 3 N–H and O–H groups in total. The molecule has 1 aliphatic heterocycles. The SMILES string of the molecule is CC(C)C(C(=O)C(F)(F)F)N1CCC[C@H]1C(=O)NC(=O)[C@@H](NC(=O)c1ccc(C(=O)NCC(=O)[O-])cc1)C(C)C.[Na+]. The Morgan fingerprint density at radius 2 is 1.49 bits per heavy atom. The fraction of sp³-hybridized carbons (Fsp3) is 0.538. The number of amides is 4. The molecule has 1 aliphatic rings. The number of carboxylic acid groups (broad SMARTS) is 1. The van der Waals surface area contributed by atoms with Gasteiger partial charge in [-0.05, 0) is 55.5 Å². The van der Waals surface area contributed by atoms with Crippen LogP contribution >= 0.6 is 0 Å². The molecule has 41 heavy (non-hydrogen) atoms. The second-order valence-electron chi connectivity index (χ2n) is 10.1. The molecule has 0 aromatic heterocycles. The number of aliphatic carboxylic acids is 1. The number of nitrogens with one attached hydrogen (secondary N) is 3. The van der Waals surface area contributed by atoms with Gasteiger partial charge in [-0.2, -0.15) is 13.2 Å². The van der Waals surface area contributed by atoms with Crippen molar-refractivity contribution < 1.29 is 76.6 Å². The minimum atomic E-state index is -5.08. The molecule has 1 heterocycles. The van der Waals surface area contributed by atoms with Crippen LogP contribution in [-0.2, 0) is 19.2 Å². The van der Waals surface area contributed by atoms with E-state index in [4.69, 9.17) is 0 Å². The number of hydrogen-bond donors (Lipinski definition) is 3. The maximum Gasteiger partial charge on any atom is 1.00 e. The van der Waals surface area contributed by atoms with E-state index in [9.17, 15) is 47.0 Å². The number of Topliss-reactive ketones (excluding diaryl/α,β-unsaturated/α-hetero) is 1. The molecule has 1 unspecified atom stereocenters. The third-order valence-corrected chi connectivity index (χ3v) is 6.42. The van der Waals surface area contributed by atoms with E-state index in [2.05, 4.69) is 16.0 Å². The molecule has 0 bridgehead atoms. The van der Waals surface area contributed by atoms with Crippen LogP contribution < -0.4 is 50.6 Å². The van der Waals surface area contributed by atoms with Crippen molar-refractivity contribution in [3.05, 3.63) is 35.4 Å². The fourth-order valence-corrected chi connectivity index (χ4v) is 4.48. The second-order valence-corrected chi connectivity index (χ2v) is 10.1. The van der Waals surface area contributed by atoms with Crippen LogP contribution in [-0.4, -0.2) is 77.7 Å². The smallest absolute Gasteiger partial charge is 0.548 e. The molecule has 0 aliphatic carbocycles. The zero-order valence-electron chi connectivity index (χ0n) is 23.5. The normalized spacial score (nSPS) is 16.9. The third kappa shape index (κ3) is 9.90. The van der Waals surface area contributed by atoms with Gasteiger partial charge in [-0.3, -0.25) is 34.2 Å². The van der Waals surface area contributed by atoms with Crippen LogP contribution in [0.25, 0.3) is 0 Å². The Bertz CT molecular complexity index is 1140. The third-order valence-electron chi connectivity index (χ3n) is 6.42. The summed E-state index contributed by atoms with van der Waals surface area (Å²) >= 11 is 0. The summed E-state index contributed by atoms with van der Waals surface area (Å²) in [5.74, 6) is -7.82. The van der Waals surface area contributed by atoms with Crippen molar-refractivity contribution in [2.75, 3.05) is 13.1 Å². The summed E-state index contributed by atoms with van der Waals surface area (Å²) in [6.07, 6.45) is -4.58. The van der Waals surface area contributed by atoms with E-state index >= 15 is 0 Å². The molecule has 15 heteroatoms. The maximum absolute atomic E-state index is 13.2. The summed E-state index contributed by atoms with van der Waals surface area (Å²) in [7, 11) is 0. The predicted molar refractivity (Wildman–Crippen MR) is 132 cm³/mol. The number of halogens is 3. The van der Waals surface area contributed by atoms with E-state index in [0.717, 1.165) is 0 Å². The largest absolute Gasteiger partial charge is 1.00 e. The van der Waals surface area contributed by atoms with Crippen molar-refractivity contribution in [1.82, 2.24) is 20.9 Å². The summed E-state index contributed by atoms with van der Waals surface area (Å²) in [5.41, 5.74) is 0.139. The zero-order chi connectivity index (χ0) is 30.4. The van der Waals surface area contributed by atoms with Crippen LogP contribution in [0, 0.1) is 11.8 Å². The van der Waals surface area contributed by atoms with E-state index in [-0.39, 0.29) is 53.6 Å². The van der Waals surface area contributed by atoms with Crippen LogP contribution in [0.3, 0.4) is 0 Å². The van der Waals surface area contributed by atoms with Gasteiger partial charge >= 0.3 is 35.7 Å². The molecule has 11 nitrogen and oxygen atoms in total. The van der Waals surface area contributed by atoms with Gasteiger partial charge < -0.3 is 20.5 Å². The topological polar surface area (TPSA) is 165 Å². The van der Waals surface area contributed by atoms with Crippen molar-refractivity contribution in [2.24, 2.45) is 11.8 Å². The Morgan fingerprint density at radius 1 is 0.951 bits per heavy atom. The van der Waals surface area contributed by atoms with Crippen LogP contribution in [0.4, 0.5) is 13.2 Å². The van der Waals surface area contributed by atoms with Gasteiger partial charge in [0.15, 0.2) is 0 Å². The molecular formula is C26H32F3N4NaO7. The molecule has 0 radical (unpaired) electrons. The van der Waals surface area contributed by atoms with Gasteiger partial charge in [0.05, 0.1) is 24.6 Å². The minimum absolute atomic E-state index is 0. The molecule has 0 saturated carbocycles. The second kappa shape index (κ2) is 15.4. The van der Waals surface area contributed by atoms with Gasteiger partial charge in [0.2, 0.25) is 11.8 Å². The summed E-state index contributed by atoms with van der Waals surface area (Å²) in [6, 6.07) is 1.19. The monoisotopic (exact) mass is 592 g/mol. The molecule has 4 amide bonds. The maximum atomic E-state index is 13.2. The molecule has 1 aromatic carbocycles. The Labute approximate surface area is 257 Å². The van der Waals surface area contributed by atoms with Crippen LogP contribution in [0.15, 0.2) is 24.3 Å². The number of rotatable bonds is 11. The van der Waals surface area contributed by atoms with Crippen molar-refractivity contribution in [3.63, 3.8) is 0 Å². The van der Waals surface area contributed by atoms with Crippen LogP contribution in [0.1, 0.15) is 61.3 Å². The molecule has 220 valence electrons. The molecule has 1 aromatic rings. The summed E-state index contributed by atoms with van der Waals surface area (Å²) in [6.45, 7) is 5.49.